The number of rotatable bonds is 4. The zero-order valence-electron chi connectivity index (χ0n) is 9.17. The first-order valence-electron chi connectivity index (χ1n) is 4.75. The van der Waals surface area contributed by atoms with Gasteiger partial charge in [0.05, 0.1) is 0 Å². The molecule has 0 bridgehead atoms. The third kappa shape index (κ3) is 2.51. The van der Waals surface area contributed by atoms with Gasteiger partial charge in [-0.15, -0.1) is 11.3 Å². The van der Waals surface area contributed by atoms with Gasteiger partial charge in [-0.1, -0.05) is 0 Å². The van der Waals surface area contributed by atoms with Gasteiger partial charge < -0.3 is 10.1 Å². The van der Waals surface area contributed by atoms with E-state index in [0.29, 0.717) is 0 Å². The van der Waals surface area contributed by atoms with E-state index in [9.17, 15) is 13.2 Å². The Balaban J connectivity index is 2.27. The fourth-order valence-corrected chi connectivity index (χ4v) is 3.13. The van der Waals surface area contributed by atoms with Crippen LogP contribution in [0.3, 0.4) is 0 Å². The lowest BCUT2D eigenvalue weighted by molar-refractivity contribution is 0.0691. The second-order valence-electron chi connectivity index (χ2n) is 3.44. The molecule has 0 aliphatic heterocycles. The van der Waals surface area contributed by atoms with Gasteiger partial charge in [0.25, 0.3) is 10.0 Å². The lowest BCUT2D eigenvalue weighted by atomic mass is 10.4. The molecule has 2 aromatic rings. The zero-order chi connectivity index (χ0) is 13.3. The quantitative estimate of drug-likeness (QED) is 0.784. The summed E-state index contributed by atoms with van der Waals surface area (Å²) in [7, 11) is -3.81. The predicted molar refractivity (Wildman–Crippen MR) is 65.4 cm³/mol. The van der Waals surface area contributed by atoms with Gasteiger partial charge in [-0.3, -0.25) is 4.72 Å². The molecule has 18 heavy (non-hydrogen) atoms. The van der Waals surface area contributed by atoms with E-state index in [2.05, 4.69) is 14.7 Å². The molecule has 0 aromatic carbocycles. The summed E-state index contributed by atoms with van der Waals surface area (Å²) in [6, 6.07) is 1.05. The average molecular weight is 287 g/mol. The van der Waals surface area contributed by atoms with Crippen molar-refractivity contribution < 1.29 is 18.3 Å². The van der Waals surface area contributed by atoms with Crippen LogP contribution in [0.25, 0.3) is 0 Å². The van der Waals surface area contributed by atoms with Gasteiger partial charge in [0.1, 0.15) is 10.6 Å². The Labute approximate surface area is 107 Å². The molecular formula is C9H9N3O4S2. The smallest absolute Gasteiger partial charge is 0.352 e. The molecule has 0 atom stereocenters. The molecule has 0 spiro atoms. The fraction of sp³-hybridized carbons (Fsp3) is 0.111. The number of carboxylic acid groups (broad SMARTS) is 1. The highest BCUT2D eigenvalue weighted by Gasteiger charge is 2.19. The van der Waals surface area contributed by atoms with Gasteiger partial charge in [0.2, 0.25) is 0 Å². The van der Waals surface area contributed by atoms with E-state index in [4.69, 9.17) is 5.11 Å². The third-order valence-electron chi connectivity index (χ3n) is 2.04. The Morgan fingerprint density at radius 3 is 2.78 bits per heavy atom. The molecule has 0 fully saturated rings. The Morgan fingerprint density at radius 2 is 2.28 bits per heavy atom. The van der Waals surface area contributed by atoms with Crippen LogP contribution in [0.4, 0.5) is 5.13 Å². The molecule has 0 radical (unpaired) electrons. The topological polar surface area (TPSA) is 112 Å². The van der Waals surface area contributed by atoms with Crippen molar-refractivity contribution in [2.75, 3.05) is 4.72 Å². The van der Waals surface area contributed by atoms with E-state index in [1.807, 2.05) is 0 Å². The first-order valence-corrected chi connectivity index (χ1v) is 7.05. The highest BCUT2D eigenvalue weighted by molar-refractivity contribution is 7.93. The van der Waals surface area contributed by atoms with E-state index in [0.717, 1.165) is 17.1 Å². The van der Waals surface area contributed by atoms with Crippen molar-refractivity contribution in [3.63, 3.8) is 0 Å². The summed E-state index contributed by atoms with van der Waals surface area (Å²) < 4.78 is 26.1. The maximum atomic E-state index is 11.9. The van der Waals surface area contributed by atoms with E-state index in [-0.39, 0.29) is 15.7 Å². The molecule has 0 amide bonds. The summed E-state index contributed by atoms with van der Waals surface area (Å²) in [4.78, 5) is 17.6. The zero-order valence-corrected chi connectivity index (χ0v) is 10.8. The van der Waals surface area contributed by atoms with Crippen LogP contribution in [-0.2, 0) is 10.0 Å². The Kier molecular flexibility index (Phi) is 3.09. The Hall–Kier alpha value is -1.87. The molecule has 7 nitrogen and oxygen atoms in total. The summed E-state index contributed by atoms with van der Waals surface area (Å²) in [6.07, 6.45) is 2.66. The number of nitrogens with one attached hydrogen (secondary N) is 2. The van der Waals surface area contributed by atoms with Crippen molar-refractivity contribution in [2.24, 2.45) is 0 Å². The summed E-state index contributed by atoms with van der Waals surface area (Å²) in [5.74, 6) is -1.22. The van der Waals surface area contributed by atoms with Crippen molar-refractivity contribution in [3.8, 4) is 0 Å². The van der Waals surface area contributed by atoms with Crippen LogP contribution >= 0.6 is 11.3 Å². The van der Waals surface area contributed by atoms with Crippen molar-refractivity contribution in [1.82, 2.24) is 9.97 Å². The van der Waals surface area contributed by atoms with Crippen molar-refractivity contribution in [1.29, 1.82) is 0 Å². The molecule has 96 valence electrons. The van der Waals surface area contributed by atoms with Gasteiger partial charge in [0, 0.05) is 17.3 Å². The van der Waals surface area contributed by atoms with Crippen LogP contribution < -0.4 is 4.72 Å². The molecule has 2 heterocycles. The number of sulfonamides is 1. The van der Waals surface area contributed by atoms with Crippen LogP contribution in [0.1, 0.15) is 15.4 Å². The van der Waals surface area contributed by atoms with Crippen LogP contribution in [0.15, 0.2) is 23.4 Å². The number of anilines is 1. The fourth-order valence-electron chi connectivity index (χ4n) is 1.23. The Bertz CT molecular complexity index is 686. The number of hydrogen-bond acceptors (Lipinski definition) is 5. The summed E-state index contributed by atoms with van der Waals surface area (Å²) in [6.45, 7) is 1.80. The van der Waals surface area contributed by atoms with E-state index >= 15 is 0 Å². The molecule has 2 rings (SSSR count). The maximum Gasteiger partial charge on any atom is 0.352 e. The van der Waals surface area contributed by atoms with Crippen molar-refractivity contribution in [2.45, 2.75) is 11.8 Å². The summed E-state index contributed by atoms with van der Waals surface area (Å²) in [5.41, 5.74) is -0.189. The largest absolute Gasteiger partial charge is 0.477 e. The number of aryl methyl sites for hydroxylation is 1. The molecule has 3 N–H and O–H groups in total. The molecule has 0 saturated heterocycles. The normalized spacial score (nSPS) is 11.4. The van der Waals surface area contributed by atoms with Crippen LogP contribution in [0.2, 0.25) is 0 Å². The molecule has 0 unspecified atom stereocenters. The number of aromatic amines is 1. The van der Waals surface area contributed by atoms with Crippen molar-refractivity contribution >= 4 is 32.5 Å². The number of aromatic carboxylic acids is 1. The maximum absolute atomic E-state index is 11.9. The number of aromatic nitrogens is 2. The van der Waals surface area contributed by atoms with Crippen LogP contribution in [0.5, 0.6) is 0 Å². The number of carboxylic acids is 1. The lowest BCUT2D eigenvalue weighted by Gasteiger charge is -2.01. The molecule has 9 heteroatoms. The van der Waals surface area contributed by atoms with E-state index in [1.165, 1.54) is 11.3 Å². The minimum Gasteiger partial charge on any atom is -0.477 e. The van der Waals surface area contributed by atoms with Gasteiger partial charge >= 0.3 is 5.97 Å². The summed E-state index contributed by atoms with van der Waals surface area (Å²) >= 11 is 1.19. The van der Waals surface area contributed by atoms with Crippen LogP contribution in [-0.4, -0.2) is 29.5 Å². The Morgan fingerprint density at radius 1 is 1.56 bits per heavy atom. The molecule has 2 aromatic heterocycles. The second kappa shape index (κ2) is 4.42. The number of hydrogen-bond donors (Lipinski definition) is 3. The molecule has 0 saturated carbocycles. The lowest BCUT2D eigenvalue weighted by Crippen LogP contribution is -2.11. The standard InChI is InChI=1S/C9H9N3O4S2/c1-5-3-11-9(17-5)12-18(15,16)6-2-7(8(13)14)10-4-6/h2-4,10H,1H3,(H,11,12)(H,13,14). The predicted octanol–water partition coefficient (Wildman–Crippen LogP) is 1.28. The highest BCUT2D eigenvalue weighted by Crippen LogP contribution is 2.21. The van der Waals surface area contributed by atoms with Gasteiger partial charge in [-0.2, -0.15) is 0 Å². The van der Waals surface area contributed by atoms with E-state index < -0.39 is 16.0 Å². The van der Waals surface area contributed by atoms with Gasteiger partial charge in [-0.25, -0.2) is 18.2 Å². The third-order valence-corrected chi connectivity index (χ3v) is 4.32. The number of H-pyrrole nitrogens is 1. The van der Waals surface area contributed by atoms with Crippen molar-refractivity contribution in [3.05, 3.63) is 29.0 Å². The minimum atomic E-state index is -3.81. The molecule has 0 aliphatic rings. The monoisotopic (exact) mass is 287 g/mol. The first kappa shape index (κ1) is 12.6. The highest BCUT2D eigenvalue weighted by atomic mass is 32.2. The number of nitrogens with zero attached hydrogens (tertiary/aromatic N) is 1. The summed E-state index contributed by atoms with van der Waals surface area (Å²) in [5, 5.41) is 8.94. The average Bonchev–Trinajstić information content (AvgIpc) is 2.86. The van der Waals surface area contributed by atoms with Gasteiger partial charge in [-0.05, 0) is 13.0 Å². The second-order valence-corrected chi connectivity index (χ2v) is 6.35. The van der Waals surface area contributed by atoms with Crippen LogP contribution in [0, 0.1) is 6.92 Å². The molecule has 0 aliphatic carbocycles. The first-order chi connectivity index (χ1) is 8.38. The molecular weight excluding hydrogens is 278 g/mol. The number of thiazole rings is 1. The minimum absolute atomic E-state index is 0.146. The SMILES string of the molecule is Cc1cnc(NS(=O)(=O)c2c[nH]c(C(=O)O)c2)s1. The number of carbonyl (C=O) groups is 1. The van der Waals surface area contributed by atoms with E-state index in [1.54, 1.807) is 13.1 Å². The van der Waals surface area contributed by atoms with Gasteiger partial charge in [0.15, 0.2) is 5.13 Å².